The summed E-state index contributed by atoms with van der Waals surface area (Å²) in [4.78, 5) is 25.3. The predicted molar refractivity (Wildman–Crippen MR) is 160 cm³/mol. The lowest BCUT2D eigenvalue weighted by atomic mass is 10.1. The van der Waals surface area contributed by atoms with Crippen molar-refractivity contribution < 1.29 is 33.3 Å². The highest BCUT2D eigenvalue weighted by Crippen LogP contribution is 2.36. The van der Waals surface area contributed by atoms with Gasteiger partial charge < -0.3 is 23.7 Å². The Morgan fingerprint density at radius 1 is 0.700 bits per heavy atom. The van der Waals surface area contributed by atoms with E-state index in [2.05, 4.69) is 69.3 Å². The number of aliphatic hydroxyl groups excluding tert-OH is 1. The summed E-state index contributed by atoms with van der Waals surface area (Å²) >= 11 is 0. The number of hydrogen-bond acceptors (Lipinski definition) is 7. The zero-order valence-electron chi connectivity index (χ0n) is 25.7. The molecule has 0 unspecified atom stereocenters. The van der Waals surface area contributed by atoms with Crippen LogP contribution in [-0.2, 0) is 28.2 Å². The van der Waals surface area contributed by atoms with E-state index in [-0.39, 0.29) is 11.6 Å². The van der Waals surface area contributed by atoms with Crippen molar-refractivity contribution >= 4 is 30.6 Å². The van der Waals surface area contributed by atoms with Crippen LogP contribution in [0.5, 0.6) is 0 Å². The summed E-state index contributed by atoms with van der Waals surface area (Å²) < 4.78 is 23.3. The number of carbonyl (C=O) groups excluding carboxylic acids is 2. The Kier molecular flexibility index (Phi) is 11.7. The van der Waals surface area contributed by atoms with Gasteiger partial charge in [0.2, 0.25) is 0 Å². The Hall–Kier alpha value is -2.52. The minimum Gasteiger partial charge on any atom is -0.458 e. The molecule has 0 spiro atoms. The van der Waals surface area contributed by atoms with Crippen LogP contribution >= 0.6 is 0 Å². The van der Waals surface area contributed by atoms with Crippen LogP contribution in [-0.4, -0.2) is 62.0 Å². The highest BCUT2D eigenvalue weighted by atomic mass is 28.4. The van der Waals surface area contributed by atoms with Crippen molar-refractivity contribution in [3.05, 3.63) is 60.7 Å². The molecular weight excluding hydrogens is 524 g/mol. The number of carbonyl (C=O) groups is 2. The zero-order valence-corrected chi connectivity index (χ0v) is 26.7. The molecule has 0 bridgehead atoms. The number of benzene rings is 2. The van der Waals surface area contributed by atoms with E-state index < -0.39 is 43.7 Å². The predicted octanol–water partition coefficient (Wildman–Crippen LogP) is 4.77. The fraction of sp³-hybridized carbons (Fsp3) is 0.562. The lowest BCUT2D eigenvalue weighted by Crippen LogP contribution is -2.66. The van der Waals surface area contributed by atoms with E-state index in [1.54, 1.807) is 41.5 Å². The van der Waals surface area contributed by atoms with Gasteiger partial charge in [-0.25, -0.2) is 9.59 Å². The Balaban J connectivity index is 2.12. The van der Waals surface area contributed by atoms with Gasteiger partial charge in [-0.3, -0.25) is 0 Å². The first-order valence-corrected chi connectivity index (χ1v) is 15.9. The number of hydrogen-bond donors (Lipinski definition) is 1. The lowest BCUT2D eigenvalue weighted by Gasteiger charge is -2.43. The SMILES string of the molecule is CC(C)(C)OC(=O)[C@H](O)[C@@H](OCCCCO[Si](c1ccccc1)(c1ccccc1)C(C)(C)C)C(=O)OC(C)(C)C. The minimum absolute atomic E-state index is 0.133. The smallest absolute Gasteiger partial charge is 0.339 e. The number of aliphatic hydroxyl groups is 1. The average molecular weight is 573 g/mol. The molecule has 2 aromatic rings. The molecule has 0 aromatic heterocycles. The van der Waals surface area contributed by atoms with Crippen molar-refractivity contribution in [3.63, 3.8) is 0 Å². The summed E-state index contributed by atoms with van der Waals surface area (Å²) in [6, 6.07) is 20.8. The zero-order chi connectivity index (χ0) is 30.2. The van der Waals surface area contributed by atoms with Crippen LogP contribution in [0.2, 0.25) is 5.04 Å². The molecule has 40 heavy (non-hydrogen) atoms. The molecule has 8 heteroatoms. The van der Waals surface area contributed by atoms with Crippen molar-refractivity contribution in [3.8, 4) is 0 Å². The van der Waals surface area contributed by atoms with E-state index in [9.17, 15) is 14.7 Å². The van der Waals surface area contributed by atoms with Gasteiger partial charge in [0.15, 0.2) is 12.2 Å². The first kappa shape index (κ1) is 33.7. The lowest BCUT2D eigenvalue weighted by molar-refractivity contribution is -0.190. The van der Waals surface area contributed by atoms with E-state index >= 15 is 0 Å². The van der Waals surface area contributed by atoms with Gasteiger partial charge in [-0.05, 0) is 69.8 Å². The standard InChI is InChI=1S/C32H48O7Si/c1-30(2,3)38-28(34)26(33)27(29(35)39-31(4,5)6)36-22-16-17-23-37-40(32(7,8)9,24-18-12-10-13-19-24)25-20-14-11-15-21-25/h10-15,18-21,26-27,33H,16-17,22-23H2,1-9H3/t26-,27-/m1/s1. The molecule has 1 N–H and O–H groups in total. The maximum atomic E-state index is 12.8. The number of ether oxygens (including phenoxy) is 3. The van der Waals surface area contributed by atoms with Crippen molar-refractivity contribution in [1.82, 2.24) is 0 Å². The van der Waals surface area contributed by atoms with Crippen LogP contribution in [0.15, 0.2) is 60.7 Å². The minimum atomic E-state index is -2.65. The molecule has 0 fully saturated rings. The summed E-state index contributed by atoms with van der Waals surface area (Å²) in [6.07, 6.45) is -2.08. The quantitative estimate of drug-likeness (QED) is 0.223. The molecule has 0 saturated carbocycles. The summed E-state index contributed by atoms with van der Waals surface area (Å²) in [5.74, 6) is -1.74. The van der Waals surface area contributed by atoms with E-state index in [4.69, 9.17) is 18.6 Å². The van der Waals surface area contributed by atoms with Crippen LogP contribution in [0.4, 0.5) is 0 Å². The van der Waals surface area contributed by atoms with Crippen molar-refractivity contribution in [2.75, 3.05) is 13.2 Å². The molecule has 0 aliphatic carbocycles. The normalized spacial score (nSPS) is 14.3. The molecule has 0 aliphatic rings. The second-order valence-electron chi connectivity index (χ2n) is 13.0. The second-order valence-corrected chi connectivity index (χ2v) is 17.3. The van der Waals surface area contributed by atoms with Gasteiger partial charge in [-0.15, -0.1) is 0 Å². The summed E-state index contributed by atoms with van der Waals surface area (Å²) in [7, 11) is -2.65. The third-order valence-corrected chi connectivity index (χ3v) is 11.2. The van der Waals surface area contributed by atoms with Gasteiger partial charge in [-0.2, -0.15) is 0 Å². The van der Waals surface area contributed by atoms with Gasteiger partial charge in [0.25, 0.3) is 8.32 Å². The van der Waals surface area contributed by atoms with E-state index in [0.717, 1.165) is 0 Å². The molecule has 0 radical (unpaired) electrons. The van der Waals surface area contributed by atoms with E-state index in [1.807, 2.05) is 12.1 Å². The Morgan fingerprint density at radius 2 is 1.12 bits per heavy atom. The maximum absolute atomic E-state index is 12.8. The molecule has 0 heterocycles. The number of unbranched alkanes of at least 4 members (excludes halogenated alkanes) is 1. The first-order chi connectivity index (χ1) is 18.5. The molecule has 222 valence electrons. The third kappa shape index (κ3) is 9.54. The molecule has 7 nitrogen and oxygen atoms in total. The highest BCUT2D eigenvalue weighted by Gasteiger charge is 2.50. The molecule has 0 amide bonds. The van der Waals surface area contributed by atoms with Crippen molar-refractivity contribution in [1.29, 1.82) is 0 Å². The molecule has 2 aromatic carbocycles. The van der Waals surface area contributed by atoms with Gasteiger partial charge >= 0.3 is 11.9 Å². The molecule has 0 aliphatic heterocycles. The van der Waals surface area contributed by atoms with Crippen LogP contribution in [0.3, 0.4) is 0 Å². The molecule has 2 atom stereocenters. The molecule has 2 rings (SSSR count). The van der Waals surface area contributed by atoms with Crippen LogP contribution in [0.25, 0.3) is 0 Å². The van der Waals surface area contributed by atoms with Gasteiger partial charge in [0, 0.05) is 13.2 Å². The van der Waals surface area contributed by atoms with Crippen molar-refractivity contribution in [2.45, 2.75) is 104 Å². The Bertz CT molecular complexity index is 1030. The van der Waals surface area contributed by atoms with E-state index in [1.165, 1.54) is 10.4 Å². The topological polar surface area (TPSA) is 91.3 Å². The molecular formula is C32H48O7Si. The van der Waals surface area contributed by atoms with Gasteiger partial charge in [0.1, 0.15) is 11.2 Å². The van der Waals surface area contributed by atoms with Crippen LogP contribution in [0.1, 0.15) is 75.2 Å². The Morgan fingerprint density at radius 3 is 1.55 bits per heavy atom. The van der Waals surface area contributed by atoms with Gasteiger partial charge in [0.05, 0.1) is 0 Å². The van der Waals surface area contributed by atoms with E-state index in [0.29, 0.717) is 19.4 Å². The summed E-state index contributed by atoms with van der Waals surface area (Å²) in [5, 5.41) is 12.9. The summed E-state index contributed by atoms with van der Waals surface area (Å²) in [6.45, 7) is 17.5. The van der Waals surface area contributed by atoms with Crippen molar-refractivity contribution in [2.24, 2.45) is 0 Å². The first-order valence-electron chi connectivity index (χ1n) is 14.0. The Labute approximate surface area is 241 Å². The largest absolute Gasteiger partial charge is 0.458 e. The average Bonchev–Trinajstić information content (AvgIpc) is 2.83. The molecule has 0 saturated heterocycles. The number of rotatable bonds is 12. The highest BCUT2D eigenvalue weighted by molar-refractivity contribution is 6.99. The van der Waals surface area contributed by atoms with Crippen LogP contribution in [0, 0.1) is 0 Å². The van der Waals surface area contributed by atoms with Crippen LogP contribution < -0.4 is 10.4 Å². The fourth-order valence-electron chi connectivity index (χ4n) is 4.53. The van der Waals surface area contributed by atoms with Gasteiger partial charge in [-0.1, -0.05) is 81.4 Å². The number of esters is 2. The third-order valence-electron chi connectivity index (χ3n) is 6.15. The summed E-state index contributed by atoms with van der Waals surface area (Å²) in [5.41, 5.74) is -1.63. The monoisotopic (exact) mass is 572 g/mol. The second kappa shape index (κ2) is 13.9. The fourth-order valence-corrected chi connectivity index (χ4v) is 9.14. The maximum Gasteiger partial charge on any atom is 0.339 e.